The molecule has 2 aromatic carbocycles. The zero-order valence-corrected chi connectivity index (χ0v) is 19.8. The predicted octanol–water partition coefficient (Wildman–Crippen LogP) is 6.29. The van der Waals surface area contributed by atoms with Crippen LogP contribution in [-0.4, -0.2) is 35.1 Å². The van der Waals surface area contributed by atoms with Crippen molar-refractivity contribution in [1.29, 1.82) is 0 Å². The summed E-state index contributed by atoms with van der Waals surface area (Å²) in [6.07, 6.45) is 1.71. The van der Waals surface area contributed by atoms with Gasteiger partial charge in [0.05, 0.1) is 10.2 Å². The normalized spacial score (nSPS) is 15.3. The zero-order chi connectivity index (χ0) is 22.2. The smallest absolute Gasteiger partial charge is 0.321 e. The Hall–Kier alpha value is -2.60. The molecule has 0 atom stereocenters. The van der Waals surface area contributed by atoms with E-state index < -0.39 is 0 Å². The standard InChI is InChI=1S/C25H31N3O2S/c1-16-6-7-17(2)22-21(16)27-24(31-22)30-20-12-14-28(15-13-20)23(29)26-19-10-8-18(9-11-19)25(3,4)5/h6-11,20H,12-15H2,1-5H3,(H,26,29). The zero-order valence-electron chi connectivity index (χ0n) is 19.0. The van der Waals surface area contributed by atoms with E-state index in [1.165, 1.54) is 21.4 Å². The minimum Gasteiger partial charge on any atom is -0.467 e. The molecular weight excluding hydrogens is 406 g/mol. The first-order chi connectivity index (χ1) is 14.7. The number of carbonyl (C=O) groups is 1. The van der Waals surface area contributed by atoms with Crippen LogP contribution in [0.15, 0.2) is 36.4 Å². The lowest BCUT2D eigenvalue weighted by atomic mass is 9.87. The van der Waals surface area contributed by atoms with E-state index in [2.05, 4.69) is 64.2 Å². The Morgan fingerprint density at radius 3 is 2.32 bits per heavy atom. The van der Waals surface area contributed by atoms with Gasteiger partial charge in [-0.15, -0.1) is 0 Å². The number of nitrogens with zero attached hydrogens (tertiary/aromatic N) is 2. The van der Waals surface area contributed by atoms with Gasteiger partial charge in [0.2, 0.25) is 0 Å². The highest BCUT2D eigenvalue weighted by Gasteiger charge is 2.25. The summed E-state index contributed by atoms with van der Waals surface area (Å²) >= 11 is 1.62. The predicted molar refractivity (Wildman–Crippen MR) is 128 cm³/mol. The summed E-state index contributed by atoms with van der Waals surface area (Å²) in [5, 5.41) is 3.75. The summed E-state index contributed by atoms with van der Waals surface area (Å²) in [6.45, 7) is 12.1. The number of aryl methyl sites for hydroxylation is 2. The highest BCUT2D eigenvalue weighted by Crippen LogP contribution is 2.33. The van der Waals surface area contributed by atoms with Crippen molar-refractivity contribution in [3.05, 3.63) is 53.1 Å². The second-order valence-electron chi connectivity index (χ2n) is 9.42. The van der Waals surface area contributed by atoms with Crippen LogP contribution in [0.2, 0.25) is 0 Å². The highest BCUT2D eigenvalue weighted by atomic mass is 32.1. The third-order valence-corrected chi connectivity index (χ3v) is 7.00. The lowest BCUT2D eigenvalue weighted by Gasteiger charge is -2.31. The maximum Gasteiger partial charge on any atom is 0.321 e. The Bertz CT molecular complexity index is 1040. The Morgan fingerprint density at radius 1 is 1.06 bits per heavy atom. The number of nitrogens with one attached hydrogen (secondary N) is 1. The Labute approximate surface area is 188 Å². The maximum absolute atomic E-state index is 12.7. The molecule has 5 nitrogen and oxygen atoms in total. The molecule has 1 N–H and O–H groups in total. The number of likely N-dealkylation sites (tertiary alicyclic amines) is 1. The second kappa shape index (κ2) is 8.50. The number of piperidine rings is 1. The van der Waals surface area contributed by atoms with Crippen LogP contribution in [0.25, 0.3) is 10.2 Å². The Kier molecular flexibility index (Phi) is 5.93. The van der Waals surface area contributed by atoms with Crippen molar-refractivity contribution in [1.82, 2.24) is 9.88 Å². The lowest BCUT2D eigenvalue weighted by Crippen LogP contribution is -2.43. The largest absolute Gasteiger partial charge is 0.467 e. The molecule has 4 rings (SSSR count). The lowest BCUT2D eigenvalue weighted by molar-refractivity contribution is 0.115. The molecule has 31 heavy (non-hydrogen) atoms. The van der Waals surface area contributed by atoms with Gasteiger partial charge in [-0.1, -0.05) is 56.4 Å². The topological polar surface area (TPSA) is 54.5 Å². The van der Waals surface area contributed by atoms with Crippen LogP contribution in [0.3, 0.4) is 0 Å². The van der Waals surface area contributed by atoms with Crippen LogP contribution in [-0.2, 0) is 5.41 Å². The molecular formula is C25H31N3O2S. The molecule has 0 saturated carbocycles. The summed E-state index contributed by atoms with van der Waals surface area (Å²) in [6, 6.07) is 12.3. The van der Waals surface area contributed by atoms with Crippen molar-refractivity contribution in [2.75, 3.05) is 18.4 Å². The minimum atomic E-state index is -0.0480. The fourth-order valence-corrected chi connectivity index (χ4v) is 4.89. The monoisotopic (exact) mass is 437 g/mol. The number of rotatable bonds is 3. The molecule has 0 bridgehead atoms. The number of urea groups is 1. The first-order valence-corrected chi connectivity index (χ1v) is 11.7. The number of fused-ring (bicyclic) bond motifs is 1. The molecule has 0 spiro atoms. The molecule has 0 radical (unpaired) electrons. The van der Waals surface area contributed by atoms with Gasteiger partial charge >= 0.3 is 6.03 Å². The number of thiazole rings is 1. The number of amides is 2. The van der Waals surface area contributed by atoms with Crippen molar-refractivity contribution in [2.45, 2.75) is 59.0 Å². The van der Waals surface area contributed by atoms with Gasteiger partial charge in [-0.25, -0.2) is 9.78 Å². The van der Waals surface area contributed by atoms with E-state index in [0.29, 0.717) is 13.1 Å². The van der Waals surface area contributed by atoms with Gasteiger partial charge in [-0.2, -0.15) is 0 Å². The third kappa shape index (κ3) is 4.85. The van der Waals surface area contributed by atoms with Crippen molar-refractivity contribution >= 4 is 33.3 Å². The van der Waals surface area contributed by atoms with E-state index in [1.807, 2.05) is 17.0 Å². The van der Waals surface area contributed by atoms with Crippen molar-refractivity contribution in [3.8, 4) is 5.19 Å². The average Bonchev–Trinajstić information content (AvgIpc) is 3.16. The molecule has 2 amide bonds. The van der Waals surface area contributed by atoms with E-state index >= 15 is 0 Å². The number of hydrogen-bond acceptors (Lipinski definition) is 4. The first kappa shape index (κ1) is 21.6. The third-order valence-electron chi connectivity index (χ3n) is 5.92. The first-order valence-electron chi connectivity index (χ1n) is 10.9. The van der Waals surface area contributed by atoms with Crippen LogP contribution in [0, 0.1) is 13.8 Å². The van der Waals surface area contributed by atoms with Crippen LogP contribution in [0.1, 0.15) is 50.3 Å². The molecule has 1 fully saturated rings. The molecule has 1 saturated heterocycles. The minimum absolute atomic E-state index is 0.0480. The second-order valence-corrected chi connectivity index (χ2v) is 10.4. The van der Waals surface area contributed by atoms with Gasteiger partial charge in [0.1, 0.15) is 6.10 Å². The summed E-state index contributed by atoms with van der Waals surface area (Å²) in [5.74, 6) is 0. The molecule has 1 aliphatic rings. The molecule has 1 aliphatic heterocycles. The number of hydrogen-bond donors (Lipinski definition) is 1. The Morgan fingerprint density at radius 2 is 1.71 bits per heavy atom. The van der Waals surface area contributed by atoms with E-state index in [-0.39, 0.29) is 17.6 Å². The summed E-state index contributed by atoms with van der Waals surface area (Å²) in [7, 11) is 0. The molecule has 0 aliphatic carbocycles. The molecule has 2 heterocycles. The fourth-order valence-electron chi connectivity index (χ4n) is 3.87. The van der Waals surface area contributed by atoms with E-state index in [0.717, 1.165) is 29.2 Å². The molecule has 6 heteroatoms. The van der Waals surface area contributed by atoms with Crippen molar-refractivity contribution in [3.63, 3.8) is 0 Å². The number of anilines is 1. The summed E-state index contributed by atoms with van der Waals surface area (Å²) in [5.41, 5.74) is 5.63. The summed E-state index contributed by atoms with van der Waals surface area (Å²) in [4.78, 5) is 19.2. The van der Waals surface area contributed by atoms with Crippen LogP contribution < -0.4 is 10.1 Å². The quantitative estimate of drug-likeness (QED) is 0.524. The molecule has 3 aromatic rings. The van der Waals surface area contributed by atoms with Crippen molar-refractivity contribution in [2.24, 2.45) is 0 Å². The molecule has 1 aromatic heterocycles. The fraction of sp³-hybridized carbons (Fsp3) is 0.440. The Balaban J connectivity index is 1.32. The average molecular weight is 438 g/mol. The number of ether oxygens (including phenoxy) is 1. The number of carbonyl (C=O) groups excluding carboxylic acids is 1. The molecule has 0 unspecified atom stereocenters. The SMILES string of the molecule is Cc1ccc(C)c2sc(OC3CCN(C(=O)Nc4ccc(C(C)(C)C)cc4)CC3)nc12. The van der Waals surface area contributed by atoms with Gasteiger partial charge in [0.25, 0.3) is 5.19 Å². The van der Waals surface area contributed by atoms with Gasteiger partial charge in [-0.05, 0) is 48.1 Å². The van der Waals surface area contributed by atoms with Crippen LogP contribution >= 0.6 is 11.3 Å². The van der Waals surface area contributed by atoms with Gasteiger partial charge < -0.3 is 15.0 Å². The van der Waals surface area contributed by atoms with E-state index in [1.54, 1.807) is 11.3 Å². The maximum atomic E-state index is 12.7. The van der Waals surface area contributed by atoms with E-state index in [9.17, 15) is 4.79 Å². The van der Waals surface area contributed by atoms with Gasteiger partial charge in [0, 0.05) is 31.6 Å². The highest BCUT2D eigenvalue weighted by molar-refractivity contribution is 7.20. The van der Waals surface area contributed by atoms with Crippen LogP contribution in [0.5, 0.6) is 5.19 Å². The van der Waals surface area contributed by atoms with Crippen molar-refractivity contribution < 1.29 is 9.53 Å². The molecule has 164 valence electrons. The number of benzene rings is 2. The summed E-state index contributed by atoms with van der Waals surface area (Å²) < 4.78 is 7.39. The van der Waals surface area contributed by atoms with Crippen LogP contribution in [0.4, 0.5) is 10.5 Å². The van der Waals surface area contributed by atoms with Gasteiger partial charge in [0.15, 0.2) is 0 Å². The van der Waals surface area contributed by atoms with E-state index in [4.69, 9.17) is 9.72 Å². The number of aromatic nitrogens is 1. The van der Waals surface area contributed by atoms with Gasteiger partial charge in [-0.3, -0.25) is 0 Å².